The van der Waals surface area contributed by atoms with Crippen LogP contribution in [0.25, 0.3) is 0 Å². The van der Waals surface area contributed by atoms with E-state index in [2.05, 4.69) is 39.1 Å². The second kappa shape index (κ2) is 9.21. The molecule has 0 atom stereocenters. The van der Waals surface area contributed by atoms with Crippen molar-refractivity contribution in [3.05, 3.63) is 23.8 Å². The lowest BCUT2D eigenvalue weighted by molar-refractivity contribution is 0.311. The zero-order chi connectivity index (χ0) is 15.7. The molecule has 1 aromatic carbocycles. The van der Waals surface area contributed by atoms with Crippen LogP contribution in [0.3, 0.4) is 0 Å². The van der Waals surface area contributed by atoms with Crippen LogP contribution in [0.2, 0.25) is 0 Å². The Bertz CT molecular complexity index is 416. The van der Waals surface area contributed by atoms with Gasteiger partial charge in [0.2, 0.25) is 0 Å². The van der Waals surface area contributed by atoms with E-state index in [1.54, 1.807) is 7.11 Å². The molecule has 1 rings (SSSR count). The van der Waals surface area contributed by atoms with E-state index < -0.39 is 0 Å². The van der Waals surface area contributed by atoms with Crippen molar-refractivity contribution < 1.29 is 9.47 Å². The lowest BCUT2D eigenvalue weighted by atomic mass is 10.1. The summed E-state index contributed by atoms with van der Waals surface area (Å²) < 4.78 is 11.3. The lowest BCUT2D eigenvalue weighted by Gasteiger charge is -2.22. The Morgan fingerprint density at radius 2 is 2.00 bits per heavy atom. The monoisotopic (exact) mass is 311 g/mol. The zero-order valence-corrected chi connectivity index (χ0v) is 14.8. The van der Waals surface area contributed by atoms with Crippen molar-refractivity contribution in [1.82, 2.24) is 5.32 Å². The molecule has 0 unspecified atom stereocenters. The second-order valence-corrected chi connectivity index (χ2v) is 7.37. The van der Waals surface area contributed by atoms with Gasteiger partial charge in [-0.05, 0) is 56.9 Å². The first-order chi connectivity index (χ1) is 9.96. The van der Waals surface area contributed by atoms with Crippen LogP contribution < -0.4 is 14.8 Å². The molecule has 3 nitrogen and oxygen atoms in total. The first-order valence-electron chi connectivity index (χ1n) is 7.58. The molecule has 0 aliphatic carbocycles. The quantitative estimate of drug-likeness (QED) is 0.695. The minimum absolute atomic E-state index is 0.0815. The van der Waals surface area contributed by atoms with Gasteiger partial charge in [0.25, 0.3) is 0 Å². The van der Waals surface area contributed by atoms with Gasteiger partial charge in [0.1, 0.15) is 11.5 Å². The molecule has 0 amide bonds. The molecule has 0 fully saturated rings. The molecule has 120 valence electrons. The third kappa shape index (κ3) is 7.63. The minimum Gasteiger partial charge on any atom is -0.497 e. The molecule has 0 saturated heterocycles. The highest BCUT2D eigenvalue weighted by Gasteiger charge is 2.12. The first-order valence-corrected chi connectivity index (χ1v) is 8.74. The molecular formula is C17H29NO2S. The van der Waals surface area contributed by atoms with Gasteiger partial charge in [-0.3, -0.25) is 0 Å². The highest BCUT2D eigenvalue weighted by atomic mass is 32.2. The summed E-state index contributed by atoms with van der Waals surface area (Å²) in [6, 6.07) is 6.01. The predicted octanol–water partition coefficient (Wildman–Crippen LogP) is 4.11. The van der Waals surface area contributed by atoms with E-state index in [-0.39, 0.29) is 5.54 Å². The van der Waals surface area contributed by atoms with Gasteiger partial charge in [0, 0.05) is 17.6 Å². The van der Waals surface area contributed by atoms with E-state index in [0.717, 1.165) is 42.4 Å². The summed E-state index contributed by atoms with van der Waals surface area (Å²) >= 11 is 1.95. The molecule has 0 aliphatic heterocycles. The first kappa shape index (κ1) is 18.2. The second-order valence-electron chi connectivity index (χ2n) is 5.98. The number of methoxy groups -OCH3 is 1. The molecule has 4 heteroatoms. The maximum absolute atomic E-state index is 5.94. The minimum atomic E-state index is 0.0815. The summed E-state index contributed by atoms with van der Waals surface area (Å²) in [7, 11) is 1.69. The van der Waals surface area contributed by atoms with E-state index in [1.807, 2.05) is 23.9 Å². The Balaban J connectivity index is 2.63. The van der Waals surface area contributed by atoms with Crippen molar-refractivity contribution in [3.63, 3.8) is 0 Å². The number of benzene rings is 1. The van der Waals surface area contributed by atoms with Gasteiger partial charge in [0.05, 0.1) is 13.7 Å². The smallest absolute Gasteiger partial charge is 0.124 e. The molecule has 0 bridgehead atoms. The molecular weight excluding hydrogens is 282 g/mol. The largest absolute Gasteiger partial charge is 0.497 e. The summed E-state index contributed by atoms with van der Waals surface area (Å²) in [6.07, 6.45) is 1.08. The number of hydrogen-bond acceptors (Lipinski definition) is 4. The van der Waals surface area contributed by atoms with Gasteiger partial charge in [-0.15, -0.1) is 0 Å². The van der Waals surface area contributed by atoms with Crippen LogP contribution >= 0.6 is 11.8 Å². The van der Waals surface area contributed by atoms with Crippen LogP contribution in [-0.2, 0) is 6.54 Å². The van der Waals surface area contributed by atoms with Crippen LogP contribution in [-0.4, -0.2) is 30.8 Å². The van der Waals surface area contributed by atoms with Gasteiger partial charge in [0.15, 0.2) is 0 Å². The Morgan fingerprint density at radius 1 is 1.24 bits per heavy atom. The number of thioether (sulfide) groups is 1. The highest BCUT2D eigenvalue weighted by molar-refractivity contribution is 7.99. The fourth-order valence-corrected chi connectivity index (χ4v) is 2.42. The van der Waals surface area contributed by atoms with Gasteiger partial charge in [-0.2, -0.15) is 11.8 Å². The topological polar surface area (TPSA) is 30.5 Å². The molecule has 0 spiro atoms. The van der Waals surface area contributed by atoms with Crippen LogP contribution in [0, 0.1) is 0 Å². The molecule has 0 aromatic heterocycles. The van der Waals surface area contributed by atoms with Gasteiger partial charge in [-0.25, -0.2) is 0 Å². The maximum atomic E-state index is 5.94. The Kier molecular flexibility index (Phi) is 7.97. The number of nitrogens with one attached hydrogen (secondary N) is 1. The summed E-state index contributed by atoms with van der Waals surface area (Å²) in [5.41, 5.74) is 1.23. The fraction of sp³-hybridized carbons (Fsp3) is 0.647. The Morgan fingerprint density at radius 3 is 2.62 bits per heavy atom. The Hall–Kier alpha value is -0.870. The van der Waals surface area contributed by atoms with Crippen molar-refractivity contribution in [3.8, 4) is 11.5 Å². The summed E-state index contributed by atoms with van der Waals surface area (Å²) in [6.45, 7) is 10.2. The van der Waals surface area contributed by atoms with E-state index in [9.17, 15) is 0 Å². The van der Waals surface area contributed by atoms with E-state index in [1.165, 1.54) is 5.75 Å². The van der Waals surface area contributed by atoms with Crippen LogP contribution in [0.1, 0.15) is 39.7 Å². The molecule has 1 N–H and O–H groups in total. The van der Waals surface area contributed by atoms with Gasteiger partial charge >= 0.3 is 0 Å². The average molecular weight is 311 g/mol. The summed E-state index contributed by atoms with van der Waals surface area (Å²) in [5.74, 6) is 4.15. The van der Waals surface area contributed by atoms with E-state index >= 15 is 0 Å². The molecule has 21 heavy (non-hydrogen) atoms. The third-order valence-corrected chi connectivity index (χ3v) is 3.96. The van der Waals surface area contributed by atoms with Crippen LogP contribution in [0.4, 0.5) is 0 Å². The number of ether oxygens (including phenoxy) is 2. The van der Waals surface area contributed by atoms with Crippen molar-refractivity contribution >= 4 is 11.8 Å². The van der Waals surface area contributed by atoms with Crippen LogP contribution in [0.15, 0.2) is 18.2 Å². The Labute approximate surface area is 133 Å². The highest BCUT2D eigenvalue weighted by Crippen LogP contribution is 2.25. The number of rotatable bonds is 9. The van der Waals surface area contributed by atoms with Crippen LogP contribution in [0.5, 0.6) is 11.5 Å². The number of hydrogen-bond donors (Lipinski definition) is 1. The molecule has 0 heterocycles. The van der Waals surface area contributed by atoms with Crippen molar-refractivity contribution in [2.75, 3.05) is 25.2 Å². The third-order valence-electron chi connectivity index (χ3n) is 2.97. The van der Waals surface area contributed by atoms with Gasteiger partial charge < -0.3 is 14.8 Å². The normalized spacial score (nSPS) is 11.5. The lowest BCUT2D eigenvalue weighted by Crippen LogP contribution is -2.35. The molecule has 0 radical (unpaired) electrons. The SMILES string of the molecule is CCSCCCOc1ccc(OC)cc1CNC(C)(C)C. The average Bonchev–Trinajstić information content (AvgIpc) is 2.44. The van der Waals surface area contributed by atoms with E-state index in [4.69, 9.17) is 9.47 Å². The summed E-state index contributed by atoms with van der Waals surface area (Å²) in [4.78, 5) is 0. The standard InChI is InChI=1S/C17H29NO2S/c1-6-21-11-7-10-20-16-9-8-15(19-5)12-14(16)13-18-17(2,3)4/h8-9,12,18H,6-7,10-11,13H2,1-5H3. The van der Waals surface area contributed by atoms with Gasteiger partial charge in [-0.1, -0.05) is 6.92 Å². The molecule has 1 aromatic rings. The van der Waals surface area contributed by atoms with Crippen molar-refractivity contribution in [1.29, 1.82) is 0 Å². The summed E-state index contributed by atoms with van der Waals surface area (Å²) in [5, 5.41) is 3.50. The van der Waals surface area contributed by atoms with Crippen molar-refractivity contribution in [2.45, 2.75) is 46.2 Å². The molecule has 0 saturated carbocycles. The maximum Gasteiger partial charge on any atom is 0.124 e. The van der Waals surface area contributed by atoms with E-state index in [0.29, 0.717) is 0 Å². The van der Waals surface area contributed by atoms with Crippen molar-refractivity contribution in [2.24, 2.45) is 0 Å². The predicted molar refractivity (Wildman–Crippen MR) is 92.7 cm³/mol. The fourth-order valence-electron chi connectivity index (χ4n) is 1.81. The molecule has 0 aliphatic rings. The zero-order valence-electron chi connectivity index (χ0n) is 14.0.